The highest BCUT2D eigenvalue weighted by molar-refractivity contribution is 5.77. The highest BCUT2D eigenvalue weighted by Crippen LogP contribution is 2.39. The van der Waals surface area contributed by atoms with Crippen LogP contribution in [0.5, 0.6) is 0 Å². The number of rotatable bonds is 19. The average molecular weight is 966 g/mol. The normalized spacial score (nSPS) is 41.4. The Hall–Kier alpha value is -3.45. The van der Waals surface area contributed by atoms with Crippen LogP contribution < -0.4 is 16.0 Å². The number of hydrogen-bond acceptors (Lipinski definition) is 25. The van der Waals surface area contributed by atoms with Gasteiger partial charge in [0.25, 0.3) is 11.6 Å². The van der Waals surface area contributed by atoms with Crippen LogP contribution >= 0.6 is 0 Å². The van der Waals surface area contributed by atoms with Crippen molar-refractivity contribution in [3.8, 4) is 0 Å². The van der Waals surface area contributed by atoms with E-state index in [0.717, 1.165) is 20.8 Å². The first-order valence-corrected chi connectivity index (χ1v) is 20.3. The van der Waals surface area contributed by atoms with Gasteiger partial charge in [-0.15, -0.1) is 0 Å². The Kier molecular flexibility index (Phi) is 19.0. The van der Waals surface area contributed by atoms with Crippen LogP contribution in [0.25, 0.3) is 0 Å². The fraction of sp³-hybridized carbons (Fsp3) is 0.861. The lowest BCUT2D eigenvalue weighted by Gasteiger charge is -2.51. The summed E-state index contributed by atoms with van der Waals surface area (Å²) < 4.78 is 39.1. The molecule has 0 aromatic rings. The quantitative estimate of drug-likeness (QED) is 0.0571. The number of ether oxygens (including phenoxy) is 7. The van der Waals surface area contributed by atoms with Crippen LogP contribution in [0.4, 0.5) is 0 Å². The first-order valence-electron chi connectivity index (χ1n) is 20.3. The van der Waals surface area contributed by atoms with Crippen molar-refractivity contribution in [2.24, 2.45) is 0 Å². The van der Waals surface area contributed by atoms with Crippen LogP contribution in [-0.2, 0) is 57.1 Å². The number of carbonyl (C=O) groups is 5. The van der Waals surface area contributed by atoms with E-state index in [1.807, 2.05) is 0 Å². The van der Waals surface area contributed by atoms with Gasteiger partial charge in [0.05, 0.1) is 50.7 Å². The third kappa shape index (κ3) is 12.0. The monoisotopic (exact) mass is 965 g/mol. The van der Waals surface area contributed by atoms with E-state index in [4.69, 9.17) is 33.2 Å². The number of aliphatic carboxylic acids is 2. The second-order valence-electron chi connectivity index (χ2n) is 16.2. The predicted molar refractivity (Wildman–Crippen MR) is 203 cm³/mol. The van der Waals surface area contributed by atoms with E-state index in [1.165, 1.54) is 0 Å². The number of nitrogens with one attached hydrogen (secondary N) is 3. The van der Waals surface area contributed by atoms with Crippen molar-refractivity contribution in [1.82, 2.24) is 16.0 Å². The number of amides is 3. The van der Waals surface area contributed by atoms with Gasteiger partial charge in [0.1, 0.15) is 85.4 Å². The maximum atomic E-state index is 12.9. The number of hydrogen-bond donors (Lipinski definition) is 18. The number of carboxylic acids is 2. The SMILES string of the molecule is CC(=O)N[C@@H]1[C@@H](OC2O[C@H](CO)[C@H](O)[C@H](OC3(C(=O)O)C[C@H](O)[C@@H](NC(C)=O)[C@H]([C@H](O)[C@H](O)CO)O3)[C@H]2O)[C@@H](O)[C@@H](COC2(C(=O)O)C[C@H](O)[C@@H](NC(C)=O)[C@H]([C@H](O)[C@H](O)CO)O2)O[C@@H]1O. The van der Waals surface area contributed by atoms with Gasteiger partial charge in [0.2, 0.25) is 17.7 Å². The standard InChI is InChI=1S/C36H59N3O27/c1-10(43)37-19-13(46)4-35(33(56)57,64-28(19)22(50)15(48)6-40)60-9-18-25(53)27(21(31(55)61-18)39-12(3)45)63-32-26(54)30(24(52)17(8-42)62-32)66-36(34(58)59)5-14(47)20(38-11(2)44)29(65-36)23(51)16(49)7-41/h13-32,40-42,46-55H,4-9H2,1-3H3,(H,37,43)(H,38,44)(H,39,45)(H,56,57)(H,58,59)/t13-,14-,15+,16+,17+,18+,19+,20+,21+,22+,23+,24-,25-,26+,27+,28+,29+,30-,31-,32?,35?,36?/m0/s1. The van der Waals surface area contributed by atoms with Crippen LogP contribution in [0.15, 0.2) is 0 Å². The molecule has 0 spiro atoms. The van der Waals surface area contributed by atoms with Gasteiger partial charge in [0, 0.05) is 33.6 Å². The average Bonchev–Trinajstić information content (AvgIpc) is 3.24. The molecule has 0 aromatic heterocycles. The summed E-state index contributed by atoms with van der Waals surface area (Å²) in [5.41, 5.74) is 0. The van der Waals surface area contributed by atoms with Crippen molar-refractivity contribution in [2.45, 2.75) is 167 Å². The van der Waals surface area contributed by atoms with Crippen molar-refractivity contribution in [3.05, 3.63) is 0 Å². The highest BCUT2D eigenvalue weighted by atomic mass is 16.8. The molecule has 18 N–H and O–H groups in total. The first kappa shape index (κ1) is 55.1. The van der Waals surface area contributed by atoms with Gasteiger partial charge >= 0.3 is 11.9 Å². The van der Waals surface area contributed by atoms with Crippen LogP contribution in [-0.4, -0.2) is 267 Å². The molecule has 380 valence electrons. The fourth-order valence-corrected chi connectivity index (χ4v) is 8.04. The molecule has 0 aliphatic carbocycles. The number of carbonyl (C=O) groups excluding carboxylic acids is 3. The van der Waals surface area contributed by atoms with Gasteiger partial charge < -0.3 is 126 Å². The van der Waals surface area contributed by atoms with E-state index in [-0.39, 0.29) is 0 Å². The fourth-order valence-electron chi connectivity index (χ4n) is 8.04. The van der Waals surface area contributed by atoms with Gasteiger partial charge in [-0.2, -0.15) is 0 Å². The van der Waals surface area contributed by atoms with E-state index in [0.29, 0.717) is 0 Å². The largest absolute Gasteiger partial charge is 0.477 e. The maximum absolute atomic E-state index is 12.9. The molecule has 0 bridgehead atoms. The predicted octanol–water partition coefficient (Wildman–Crippen LogP) is -10.9. The summed E-state index contributed by atoms with van der Waals surface area (Å²) in [6.07, 6.45) is -38.0. The minimum Gasteiger partial charge on any atom is -0.477 e. The summed E-state index contributed by atoms with van der Waals surface area (Å²) in [6.45, 7) is -1.53. The molecular weight excluding hydrogens is 906 g/mol. The topological polar surface area (TPSA) is 490 Å². The number of carboxylic acid groups (broad SMARTS) is 2. The summed E-state index contributed by atoms with van der Waals surface area (Å²) in [6, 6.07) is -5.07. The summed E-state index contributed by atoms with van der Waals surface area (Å²) in [7, 11) is 0. The molecule has 30 nitrogen and oxygen atoms in total. The Bertz CT molecular complexity index is 1680. The zero-order chi connectivity index (χ0) is 49.7. The minimum absolute atomic E-state index is 0.790. The van der Waals surface area contributed by atoms with Crippen molar-refractivity contribution in [1.29, 1.82) is 0 Å². The summed E-state index contributed by atoms with van der Waals surface area (Å²) >= 11 is 0. The van der Waals surface area contributed by atoms with E-state index < -0.39 is 203 Å². The summed E-state index contributed by atoms with van der Waals surface area (Å²) in [5.74, 6) is -12.7. The summed E-state index contributed by atoms with van der Waals surface area (Å²) in [4.78, 5) is 61.8. The second kappa shape index (κ2) is 22.8. The Morgan fingerprint density at radius 1 is 0.621 bits per heavy atom. The molecule has 4 saturated heterocycles. The lowest BCUT2D eigenvalue weighted by molar-refractivity contribution is -0.382. The van der Waals surface area contributed by atoms with E-state index in [9.17, 15) is 101 Å². The molecule has 66 heavy (non-hydrogen) atoms. The van der Waals surface area contributed by atoms with Crippen LogP contribution in [0, 0.1) is 0 Å². The smallest absolute Gasteiger partial charge is 0.364 e. The van der Waals surface area contributed by atoms with Gasteiger partial charge in [-0.25, -0.2) is 9.59 Å². The lowest BCUT2D eigenvalue weighted by atomic mass is 9.88. The molecule has 22 atom stereocenters. The molecule has 4 heterocycles. The maximum Gasteiger partial charge on any atom is 0.364 e. The van der Waals surface area contributed by atoms with Gasteiger partial charge in [-0.3, -0.25) is 14.4 Å². The van der Waals surface area contributed by atoms with Gasteiger partial charge in [-0.1, -0.05) is 0 Å². The molecule has 4 fully saturated rings. The molecule has 30 heteroatoms. The molecule has 4 rings (SSSR count). The van der Waals surface area contributed by atoms with Crippen LogP contribution in [0.3, 0.4) is 0 Å². The zero-order valence-corrected chi connectivity index (χ0v) is 35.4. The Labute approximate surface area is 373 Å². The van der Waals surface area contributed by atoms with Gasteiger partial charge in [0.15, 0.2) is 12.6 Å². The van der Waals surface area contributed by atoms with E-state index in [2.05, 4.69) is 16.0 Å². The van der Waals surface area contributed by atoms with Crippen molar-refractivity contribution in [2.75, 3.05) is 26.4 Å². The zero-order valence-electron chi connectivity index (χ0n) is 35.4. The molecule has 0 saturated carbocycles. The molecule has 0 radical (unpaired) electrons. The minimum atomic E-state index is -3.19. The first-order chi connectivity index (χ1) is 30.8. The van der Waals surface area contributed by atoms with Crippen molar-refractivity contribution in [3.63, 3.8) is 0 Å². The third-order valence-electron chi connectivity index (χ3n) is 11.4. The summed E-state index contributed by atoms with van der Waals surface area (Å²) in [5, 5.41) is 166. The molecule has 3 unspecified atom stereocenters. The van der Waals surface area contributed by atoms with Crippen molar-refractivity contribution < 1.29 is 134 Å². The molecule has 3 amide bonds. The van der Waals surface area contributed by atoms with E-state index >= 15 is 0 Å². The second-order valence-corrected chi connectivity index (χ2v) is 16.2. The highest BCUT2D eigenvalue weighted by Gasteiger charge is 2.61. The third-order valence-corrected chi connectivity index (χ3v) is 11.4. The van der Waals surface area contributed by atoms with Crippen molar-refractivity contribution >= 4 is 29.7 Å². The van der Waals surface area contributed by atoms with Crippen LogP contribution in [0.2, 0.25) is 0 Å². The Morgan fingerprint density at radius 2 is 1.06 bits per heavy atom. The van der Waals surface area contributed by atoms with E-state index in [1.54, 1.807) is 0 Å². The number of aliphatic hydroxyl groups excluding tert-OH is 13. The van der Waals surface area contributed by atoms with Crippen LogP contribution in [0.1, 0.15) is 33.6 Å². The molecule has 0 aromatic carbocycles. The number of aliphatic hydroxyl groups is 13. The Balaban J connectivity index is 1.66. The molecular formula is C36H59N3O27. The molecule has 4 aliphatic heterocycles. The lowest BCUT2D eigenvalue weighted by Crippen LogP contribution is -2.71. The molecule has 4 aliphatic rings. The van der Waals surface area contributed by atoms with Gasteiger partial charge in [-0.05, 0) is 0 Å². The Morgan fingerprint density at radius 3 is 1.50 bits per heavy atom.